The number of anilines is 1. The number of hydrogen-bond donors (Lipinski definition) is 2. The number of aliphatic carboxylic acids is 1. The molecule has 0 radical (unpaired) electrons. The highest BCUT2D eigenvalue weighted by Gasteiger charge is 2.11. The topological polar surface area (TPSA) is 129 Å². The zero-order valence-corrected chi connectivity index (χ0v) is 12.4. The third-order valence-electron chi connectivity index (χ3n) is 3.01. The lowest BCUT2D eigenvalue weighted by Crippen LogP contribution is -2.31. The third-order valence-corrected chi connectivity index (χ3v) is 3.94. The van der Waals surface area contributed by atoms with Crippen LogP contribution >= 0.6 is 0 Å². The first-order valence-corrected chi connectivity index (χ1v) is 7.92. The summed E-state index contributed by atoms with van der Waals surface area (Å²) in [6, 6.07) is 5.38. The fraction of sp³-hybridized carbons (Fsp3) is 0.385. The van der Waals surface area contributed by atoms with Crippen LogP contribution in [0.3, 0.4) is 0 Å². The SMILES string of the molecule is CC[C@@H](CCC(=O)Nc1ccc(S(N)(=O)=O)cc1)C(=O)[O-]. The van der Waals surface area contributed by atoms with Crippen molar-refractivity contribution < 1.29 is 23.1 Å². The van der Waals surface area contributed by atoms with Crippen molar-refractivity contribution in [1.29, 1.82) is 0 Å². The van der Waals surface area contributed by atoms with Crippen molar-refractivity contribution in [3.05, 3.63) is 24.3 Å². The van der Waals surface area contributed by atoms with Gasteiger partial charge in [0.05, 0.1) is 4.90 Å². The normalized spacial score (nSPS) is 12.7. The van der Waals surface area contributed by atoms with E-state index in [1.165, 1.54) is 24.3 Å². The maximum atomic E-state index is 11.7. The van der Waals surface area contributed by atoms with Crippen LogP contribution in [0, 0.1) is 5.92 Å². The lowest BCUT2D eigenvalue weighted by atomic mass is 10.0. The highest BCUT2D eigenvalue weighted by Crippen LogP contribution is 2.14. The summed E-state index contributed by atoms with van der Waals surface area (Å²) in [6.45, 7) is 1.71. The Morgan fingerprint density at radius 3 is 2.29 bits per heavy atom. The van der Waals surface area contributed by atoms with Crippen LogP contribution in [0.25, 0.3) is 0 Å². The van der Waals surface area contributed by atoms with E-state index in [1.807, 2.05) is 0 Å². The number of primary sulfonamides is 1. The number of hydrogen-bond acceptors (Lipinski definition) is 5. The smallest absolute Gasteiger partial charge is 0.238 e. The Bertz CT molecular complexity index is 610. The first-order valence-electron chi connectivity index (χ1n) is 6.37. The standard InChI is InChI=1S/C13H18N2O5S/c1-2-9(13(17)18)3-8-12(16)15-10-4-6-11(7-5-10)21(14,19)20/h4-7,9H,2-3,8H2,1H3,(H,15,16)(H,17,18)(H2,14,19,20)/p-1/t9-/m0/s1. The lowest BCUT2D eigenvalue weighted by molar-refractivity contribution is -0.311. The molecule has 3 N–H and O–H groups in total. The number of nitrogens with one attached hydrogen (secondary N) is 1. The van der Waals surface area contributed by atoms with Gasteiger partial charge >= 0.3 is 0 Å². The van der Waals surface area contributed by atoms with Crippen LogP contribution in [-0.2, 0) is 19.6 Å². The fourth-order valence-electron chi connectivity index (χ4n) is 1.75. The molecule has 0 bridgehead atoms. The summed E-state index contributed by atoms with van der Waals surface area (Å²) in [7, 11) is -3.77. The largest absolute Gasteiger partial charge is 0.550 e. The Morgan fingerprint density at radius 2 is 1.86 bits per heavy atom. The molecule has 1 rings (SSSR count). The van der Waals surface area contributed by atoms with Crippen molar-refractivity contribution in [2.45, 2.75) is 31.1 Å². The molecule has 0 unspecified atom stereocenters. The molecule has 0 aromatic heterocycles. The molecule has 0 aliphatic heterocycles. The van der Waals surface area contributed by atoms with Crippen molar-refractivity contribution in [2.75, 3.05) is 5.32 Å². The van der Waals surface area contributed by atoms with Crippen LogP contribution in [0.4, 0.5) is 5.69 Å². The fourth-order valence-corrected chi connectivity index (χ4v) is 2.26. The molecule has 0 spiro atoms. The molecule has 1 amide bonds. The van der Waals surface area contributed by atoms with Gasteiger partial charge in [-0.3, -0.25) is 4.79 Å². The quantitative estimate of drug-likeness (QED) is 0.722. The van der Waals surface area contributed by atoms with E-state index in [-0.39, 0.29) is 23.6 Å². The molecular weight excluding hydrogens is 296 g/mol. The molecule has 0 aliphatic rings. The number of nitrogens with two attached hydrogens (primary N) is 1. The molecule has 8 heteroatoms. The van der Waals surface area contributed by atoms with Crippen molar-refractivity contribution >= 4 is 27.6 Å². The number of rotatable bonds is 7. The Labute approximate surface area is 123 Å². The molecule has 0 saturated heterocycles. The van der Waals surface area contributed by atoms with E-state index >= 15 is 0 Å². The van der Waals surface area contributed by atoms with Crippen LogP contribution in [0.5, 0.6) is 0 Å². The van der Waals surface area contributed by atoms with Gasteiger partial charge in [0.2, 0.25) is 15.9 Å². The van der Waals surface area contributed by atoms with E-state index in [2.05, 4.69) is 5.32 Å². The first kappa shape index (κ1) is 17.1. The maximum absolute atomic E-state index is 11.7. The lowest BCUT2D eigenvalue weighted by Gasteiger charge is -2.15. The van der Waals surface area contributed by atoms with Crippen molar-refractivity contribution in [3.8, 4) is 0 Å². The second-order valence-corrected chi connectivity index (χ2v) is 6.14. The van der Waals surface area contributed by atoms with Crippen LogP contribution in [0.15, 0.2) is 29.2 Å². The van der Waals surface area contributed by atoms with Crippen LogP contribution in [0.1, 0.15) is 26.2 Å². The number of sulfonamides is 1. The third kappa shape index (κ3) is 5.52. The molecular formula is C13H17N2O5S-. The molecule has 1 atom stereocenters. The van der Waals surface area contributed by atoms with Crippen LogP contribution in [0.2, 0.25) is 0 Å². The Balaban J connectivity index is 2.57. The van der Waals surface area contributed by atoms with Gasteiger partial charge in [-0.2, -0.15) is 0 Å². The van der Waals surface area contributed by atoms with Gasteiger partial charge in [0.1, 0.15) is 0 Å². The minimum Gasteiger partial charge on any atom is -0.550 e. The summed E-state index contributed by atoms with van der Waals surface area (Å²) >= 11 is 0. The predicted molar refractivity (Wildman–Crippen MR) is 74.5 cm³/mol. The van der Waals surface area contributed by atoms with E-state index in [4.69, 9.17) is 5.14 Å². The number of benzene rings is 1. The molecule has 116 valence electrons. The van der Waals surface area contributed by atoms with Gasteiger partial charge < -0.3 is 15.2 Å². The van der Waals surface area contributed by atoms with Gasteiger partial charge in [-0.25, -0.2) is 13.6 Å². The van der Waals surface area contributed by atoms with Crippen molar-refractivity contribution in [3.63, 3.8) is 0 Å². The van der Waals surface area contributed by atoms with Gasteiger partial charge in [0.25, 0.3) is 0 Å². The molecule has 7 nitrogen and oxygen atoms in total. The second kappa shape index (κ2) is 7.19. The number of carboxylic acid groups (broad SMARTS) is 1. The summed E-state index contributed by atoms with van der Waals surface area (Å²) in [5.41, 5.74) is 0.411. The molecule has 1 aromatic rings. The molecule has 21 heavy (non-hydrogen) atoms. The van der Waals surface area contributed by atoms with Gasteiger partial charge in [0.15, 0.2) is 0 Å². The number of carbonyl (C=O) groups excluding carboxylic acids is 2. The van der Waals surface area contributed by atoms with Gasteiger partial charge in [0, 0.05) is 18.1 Å². The van der Waals surface area contributed by atoms with E-state index in [1.54, 1.807) is 6.92 Å². The van der Waals surface area contributed by atoms with Crippen molar-refractivity contribution in [1.82, 2.24) is 0 Å². The predicted octanol–water partition coefficient (Wildman–Crippen LogP) is -0.171. The Morgan fingerprint density at radius 1 is 1.29 bits per heavy atom. The molecule has 0 heterocycles. The zero-order chi connectivity index (χ0) is 16.0. The van der Waals surface area contributed by atoms with E-state index < -0.39 is 21.9 Å². The van der Waals surface area contributed by atoms with Crippen LogP contribution in [-0.4, -0.2) is 20.3 Å². The Kier molecular flexibility index (Phi) is 5.86. The van der Waals surface area contributed by atoms with Crippen LogP contribution < -0.4 is 15.6 Å². The average Bonchev–Trinajstić information content (AvgIpc) is 2.38. The minimum absolute atomic E-state index is 0.0451. The summed E-state index contributed by atoms with van der Waals surface area (Å²) in [5, 5.41) is 18.2. The van der Waals surface area contributed by atoms with E-state index in [0.717, 1.165) is 0 Å². The van der Waals surface area contributed by atoms with Crippen molar-refractivity contribution in [2.24, 2.45) is 11.1 Å². The maximum Gasteiger partial charge on any atom is 0.238 e. The second-order valence-electron chi connectivity index (χ2n) is 4.58. The summed E-state index contributed by atoms with van der Waals surface area (Å²) in [6.07, 6.45) is 0.641. The molecule has 0 aliphatic carbocycles. The Hall–Kier alpha value is -1.93. The van der Waals surface area contributed by atoms with Gasteiger partial charge in [-0.15, -0.1) is 0 Å². The zero-order valence-electron chi connectivity index (χ0n) is 11.5. The number of carboxylic acids is 1. The number of carbonyl (C=O) groups is 2. The first-order chi connectivity index (χ1) is 9.74. The van der Waals surface area contributed by atoms with Gasteiger partial charge in [-0.1, -0.05) is 6.92 Å². The molecule has 0 saturated carbocycles. The van der Waals surface area contributed by atoms with Gasteiger partial charge in [-0.05, 0) is 43.0 Å². The summed E-state index contributed by atoms with van der Waals surface area (Å²) in [4.78, 5) is 22.3. The number of amides is 1. The average molecular weight is 313 g/mol. The highest BCUT2D eigenvalue weighted by molar-refractivity contribution is 7.89. The summed E-state index contributed by atoms with van der Waals surface area (Å²) in [5.74, 6) is -2.17. The minimum atomic E-state index is -3.77. The molecule has 0 fully saturated rings. The molecule has 1 aromatic carbocycles. The highest BCUT2D eigenvalue weighted by atomic mass is 32.2. The summed E-state index contributed by atoms with van der Waals surface area (Å²) < 4.78 is 22.1. The van der Waals surface area contributed by atoms with E-state index in [9.17, 15) is 23.1 Å². The monoisotopic (exact) mass is 313 g/mol. The van der Waals surface area contributed by atoms with E-state index in [0.29, 0.717) is 12.1 Å².